The van der Waals surface area contributed by atoms with E-state index in [4.69, 9.17) is 10.8 Å². The third-order valence-electron chi connectivity index (χ3n) is 11.2. The van der Waals surface area contributed by atoms with Gasteiger partial charge in [-0.2, -0.15) is 0 Å². The number of benzene rings is 2. The van der Waals surface area contributed by atoms with Crippen LogP contribution in [0.3, 0.4) is 0 Å². The number of aromatic nitrogens is 1. The zero-order valence-electron chi connectivity index (χ0n) is 39.6. The number of imide groups is 1. The van der Waals surface area contributed by atoms with E-state index in [0.29, 0.717) is 16.2 Å². The van der Waals surface area contributed by atoms with Crippen molar-refractivity contribution in [2.45, 2.75) is 84.6 Å². The summed E-state index contributed by atoms with van der Waals surface area (Å²) in [7, 11) is 0. The summed E-state index contributed by atoms with van der Waals surface area (Å²) in [4.78, 5) is 117. The summed E-state index contributed by atoms with van der Waals surface area (Å²) in [5.74, 6) is -9.19. The minimum absolute atomic E-state index is 0.0398. The van der Waals surface area contributed by atoms with E-state index in [2.05, 4.69) is 26.6 Å². The molecule has 2 aromatic carbocycles. The van der Waals surface area contributed by atoms with E-state index in [1.807, 2.05) is 51.1 Å². The molecule has 0 aliphatic carbocycles. The Hall–Kier alpha value is -7.33. The molecule has 4 atom stereocenters. The number of carbonyl (C=O) groups is 9. The van der Waals surface area contributed by atoms with Crippen molar-refractivity contribution in [1.29, 1.82) is 0 Å². The first-order chi connectivity index (χ1) is 33.0. The number of nitrogens with two attached hydrogens (primary N) is 1. The molecule has 70 heavy (non-hydrogen) atoms. The molecule has 2 heterocycles. The zero-order valence-corrected chi connectivity index (χ0v) is 39.6. The van der Waals surface area contributed by atoms with Crippen LogP contribution in [0.25, 0.3) is 11.1 Å². The molecule has 0 unspecified atom stereocenters. The van der Waals surface area contributed by atoms with Crippen LogP contribution in [0, 0.1) is 23.0 Å². The number of aliphatic hydroxyl groups excluding tert-OH is 1. The number of nitrogens with one attached hydrogen (secondary N) is 5. The Morgan fingerprint density at radius 2 is 1.47 bits per heavy atom. The molecule has 378 valence electrons. The molecule has 8 amide bonds. The van der Waals surface area contributed by atoms with Crippen LogP contribution in [0.5, 0.6) is 0 Å². The molecule has 0 fully saturated rings. The molecule has 3 aromatic rings. The maximum Gasteiger partial charge on any atom is 0.320 e. The molecular weight excluding hydrogens is 917 g/mol. The molecule has 1 aromatic heterocycles. The van der Waals surface area contributed by atoms with Crippen molar-refractivity contribution in [2.24, 2.45) is 17.1 Å². The highest BCUT2D eigenvalue weighted by molar-refractivity contribution is 6.14. The number of carbonyl (C=O) groups excluding carboxylic acids is 8. The van der Waals surface area contributed by atoms with Crippen molar-refractivity contribution in [2.75, 3.05) is 39.3 Å². The molecule has 0 spiro atoms. The van der Waals surface area contributed by atoms with Gasteiger partial charge in [0.15, 0.2) is 0 Å². The van der Waals surface area contributed by atoms with Gasteiger partial charge in [-0.25, -0.2) is 8.78 Å². The lowest BCUT2D eigenvalue weighted by molar-refractivity contribution is -0.142. The molecular formula is C48H61F2N9O11. The summed E-state index contributed by atoms with van der Waals surface area (Å²) in [5, 5.41) is 32.0. The number of hydrogen-bond acceptors (Lipinski definition) is 11. The number of carboxylic acid groups (broad SMARTS) is 1. The molecule has 22 heteroatoms. The molecule has 4 rings (SSSR count). The van der Waals surface area contributed by atoms with Crippen molar-refractivity contribution in [3.63, 3.8) is 0 Å². The van der Waals surface area contributed by atoms with Gasteiger partial charge in [0, 0.05) is 67.8 Å². The molecule has 20 nitrogen and oxygen atoms in total. The second-order valence-corrected chi connectivity index (χ2v) is 18.0. The normalized spacial score (nSPS) is 14.1. The fourth-order valence-electron chi connectivity index (χ4n) is 7.65. The SMILES string of the molecule is CC(C)[C@H](NC(=O)CN1C(=O)C=CC1=O)C(=O)NCC(=O)N[C@@H](CCN(C(=O)CO)[C@@H](c1cc(-c2cc(F)ccc2F)cn1Cc1ccccc1)C(C)(C)C)C(=O)NCCNC(=O)CC[C@H](N)C(=O)O. The fourth-order valence-corrected chi connectivity index (χ4v) is 7.65. The highest BCUT2D eigenvalue weighted by atomic mass is 19.1. The summed E-state index contributed by atoms with van der Waals surface area (Å²) in [6.07, 6.45) is 3.00. The van der Waals surface area contributed by atoms with Gasteiger partial charge in [-0.1, -0.05) is 65.0 Å². The van der Waals surface area contributed by atoms with Crippen LogP contribution < -0.4 is 32.3 Å². The number of halogens is 2. The molecule has 9 N–H and O–H groups in total. The van der Waals surface area contributed by atoms with E-state index in [1.54, 1.807) is 30.7 Å². The first-order valence-electron chi connectivity index (χ1n) is 22.5. The van der Waals surface area contributed by atoms with Crippen LogP contribution in [-0.2, 0) is 49.7 Å². The third-order valence-corrected chi connectivity index (χ3v) is 11.2. The van der Waals surface area contributed by atoms with Gasteiger partial charge in [-0.3, -0.25) is 48.1 Å². The molecule has 1 aliphatic rings. The summed E-state index contributed by atoms with van der Waals surface area (Å²) in [6, 6.07) is 9.07. The Labute approximate surface area is 403 Å². The minimum Gasteiger partial charge on any atom is -0.480 e. The van der Waals surface area contributed by atoms with Crippen LogP contribution in [0.1, 0.15) is 71.2 Å². The molecule has 0 radical (unpaired) electrons. The number of aliphatic carboxylic acids is 1. The van der Waals surface area contributed by atoms with Crippen molar-refractivity contribution in [1.82, 2.24) is 41.0 Å². The highest BCUT2D eigenvalue weighted by Crippen LogP contribution is 2.41. The van der Waals surface area contributed by atoms with Crippen molar-refractivity contribution in [3.05, 3.63) is 95.8 Å². The maximum atomic E-state index is 15.3. The third kappa shape index (κ3) is 15.9. The number of hydrogen-bond donors (Lipinski definition) is 8. The van der Waals surface area contributed by atoms with Crippen LogP contribution >= 0.6 is 0 Å². The summed E-state index contributed by atoms with van der Waals surface area (Å²) >= 11 is 0. The lowest BCUT2D eigenvalue weighted by atomic mass is 9.82. The standard InChI is InChI=1S/C48H61F2N9O11/c1-28(2)43(56-39(63)26-59-40(64)15-16-41(59)65)46(68)54-23-38(62)55-35(45(67)53-19-18-52-37(61)14-13-34(51)47(69)70)17-20-58(42(66)27-60)44(48(3,4)5)36-21-30(32-22-31(49)11-12-33(32)50)25-57(36)24-29-9-7-6-8-10-29/h6-12,15-16,21-22,25,28,34-35,43-44,60H,13-14,17-20,23-24,26-27,51H2,1-5H3,(H,52,61)(H,53,67)(H,54,68)(H,55,62)(H,56,63)(H,69,70)/t34-,35-,43-,44-/m0/s1. The van der Waals surface area contributed by atoms with Crippen LogP contribution in [0.2, 0.25) is 0 Å². The van der Waals surface area contributed by atoms with E-state index >= 15 is 4.39 Å². The number of amides is 8. The Morgan fingerprint density at radius 3 is 2.09 bits per heavy atom. The number of rotatable bonds is 25. The van der Waals surface area contributed by atoms with Crippen molar-refractivity contribution in [3.8, 4) is 11.1 Å². The Bertz CT molecular complexity index is 2420. The van der Waals surface area contributed by atoms with Crippen LogP contribution in [0.4, 0.5) is 8.78 Å². The summed E-state index contributed by atoms with van der Waals surface area (Å²) < 4.78 is 31.6. The van der Waals surface area contributed by atoms with Crippen molar-refractivity contribution >= 4 is 53.2 Å². The molecule has 0 saturated heterocycles. The average Bonchev–Trinajstić information content (AvgIpc) is 3.86. The predicted molar refractivity (Wildman–Crippen MR) is 249 cm³/mol. The smallest absolute Gasteiger partial charge is 0.320 e. The van der Waals surface area contributed by atoms with Gasteiger partial charge in [0.2, 0.25) is 35.4 Å². The number of nitrogens with zero attached hydrogens (tertiary/aromatic N) is 3. The largest absolute Gasteiger partial charge is 0.480 e. The van der Waals surface area contributed by atoms with Gasteiger partial charge in [-0.05, 0) is 54.0 Å². The maximum absolute atomic E-state index is 15.3. The Kier molecular flexibility index (Phi) is 20.0. The van der Waals surface area contributed by atoms with Gasteiger partial charge in [-0.15, -0.1) is 0 Å². The van der Waals surface area contributed by atoms with Crippen molar-refractivity contribution < 1.29 is 62.1 Å². The first kappa shape index (κ1) is 55.3. The van der Waals surface area contributed by atoms with E-state index in [0.717, 1.165) is 35.9 Å². The summed E-state index contributed by atoms with van der Waals surface area (Å²) in [6.45, 7) is 6.01. The second kappa shape index (κ2) is 25.3. The number of aliphatic hydroxyl groups is 1. The fraction of sp³-hybridized carbons (Fsp3) is 0.438. The topological polar surface area (TPSA) is 292 Å². The van der Waals surface area contributed by atoms with E-state index < -0.39 is 120 Å². The van der Waals surface area contributed by atoms with Gasteiger partial charge in [0.1, 0.15) is 42.9 Å². The van der Waals surface area contributed by atoms with Crippen LogP contribution in [0.15, 0.2) is 72.9 Å². The van der Waals surface area contributed by atoms with Gasteiger partial charge in [0.05, 0.1) is 12.6 Å². The minimum atomic E-state index is -1.43. The lowest BCUT2D eigenvalue weighted by Gasteiger charge is -2.41. The molecule has 0 saturated carbocycles. The second-order valence-electron chi connectivity index (χ2n) is 18.0. The van der Waals surface area contributed by atoms with E-state index in [9.17, 15) is 52.6 Å². The monoisotopic (exact) mass is 977 g/mol. The molecule has 0 bridgehead atoms. The molecule has 1 aliphatic heterocycles. The lowest BCUT2D eigenvalue weighted by Crippen LogP contribution is -2.55. The predicted octanol–water partition coefficient (Wildman–Crippen LogP) is 0.871. The highest BCUT2D eigenvalue weighted by Gasteiger charge is 2.38. The first-order valence-corrected chi connectivity index (χ1v) is 22.5. The zero-order chi connectivity index (χ0) is 51.9. The summed E-state index contributed by atoms with van der Waals surface area (Å²) in [5.41, 5.74) is 6.19. The average molecular weight is 978 g/mol. The number of carboxylic acids is 1. The Balaban J connectivity index is 1.60. The Morgan fingerprint density at radius 1 is 0.814 bits per heavy atom. The van der Waals surface area contributed by atoms with Gasteiger partial charge in [0.25, 0.3) is 11.8 Å². The van der Waals surface area contributed by atoms with E-state index in [-0.39, 0.29) is 51.0 Å². The van der Waals surface area contributed by atoms with Gasteiger partial charge < -0.3 is 52.0 Å². The van der Waals surface area contributed by atoms with E-state index in [1.165, 1.54) is 4.90 Å². The van der Waals surface area contributed by atoms with Crippen LogP contribution in [-0.4, -0.2) is 135 Å². The van der Waals surface area contributed by atoms with Gasteiger partial charge >= 0.3 is 5.97 Å². The quantitative estimate of drug-likeness (QED) is 0.0434.